The molecule has 3 atom stereocenters. The van der Waals surface area contributed by atoms with E-state index in [4.69, 9.17) is 5.26 Å². The summed E-state index contributed by atoms with van der Waals surface area (Å²) in [7, 11) is -3.78. The molecule has 1 aliphatic rings. The van der Waals surface area contributed by atoms with Gasteiger partial charge in [-0.05, 0) is 48.8 Å². The van der Waals surface area contributed by atoms with Crippen molar-refractivity contribution in [2.75, 3.05) is 24.6 Å². The van der Waals surface area contributed by atoms with E-state index in [0.29, 0.717) is 18.2 Å². The molecule has 1 aromatic carbocycles. The van der Waals surface area contributed by atoms with E-state index >= 15 is 0 Å². The summed E-state index contributed by atoms with van der Waals surface area (Å²) in [6, 6.07) is 6.65. The molecule has 0 aromatic heterocycles. The number of rotatable bonds is 6. The van der Waals surface area contributed by atoms with Gasteiger partial charge in [0.05, 0.1) is 18.2 Å². The molecule has 1 unspecified atom stereocenters. The van der Waals surface area contributed by atoms with Crippen LogP contribution in [-0.2, 0) is 10.0 Å². The number of halogens is 1. The number of nitriles is 1. The lowest BCUT2D eigenvalue weighted by atomic mass is 9.73. The van der Waals surface area contributed by atoms with E-state index < -0.39 is 16.1 Å². The van der Waals surface area contributed by atoms with Gasteiger partial charge in [0, 0.05) is 30.2 Å². The van der Waals surface area contributed by atoms with E-state index in [-0.39, 0.29) is 29.3 Å². The van der Waals surface area contributed by atoms with Crippen molar-refractivity contribution in [2.45, 2.75) is 51.5 Å². The Morgan fingerprint density at radius 1 is 1.39 bits per heavy atom. The molecule has 1 aromatic rings. The van der Waals surface area contributed by atoms with Gasteiger partial charge in [0.15, 0.2) is 0 Å². The van der Waals surface area contributed by atoms with E-state index in [1.165, 1.54) is 0 Å². The van der Waals surface area contributed by atoms with Gasteiger partial charge in [-0.15, -0.1) is 0 Å². The Kier molecular flexibility index (Phi) is 7.54. The second-order valence-electron chi connectivity index (χ2n) is 8.75. The van der Waals surface area contributed by atoms with Crippen molar-refractivity contribution in [3.8, 4) is 6.07 Å². The Balaban J connectivity index is 2.44. The van der Waals surface area contributed by atoms with E-state index in [9.17, 15) is 13.5 Å². The second kappa shape index (κ2) is 9.12. The highest BCUT2D eigenvalue weighted by atomic mass is 79.9. The van der Waals surface area contributed by atoms with Crippen LogP contribution in [0.1, 0.15) is 40.5 Å². The summed E-state index contributed by atoms with van der Waals surface area (Å²) >= 11 is 3.46. The zero-order valence-electron chi connectivity index (χ0n) is 16.9. The maximum absolute atomic E-state index is 13.0. The second-order valence-corrected chi connectivity index (χ2v) is 11.3. The predicted molar refractivity (Wildman–Crippen MR) is 115 cm³/mol. The smallest absolute Gasteiger partial charge is 0.242 e. The van der Waals surface area contributed by atoms with Gasteiger partial charge in [0.2, 0.25) is 10.0 Å². The van der Waals surface area contributed by atoms with Gasteiger partial charge < -0.3 is 10.0 Å². The maximum atomic E-state index is 13.0. The third kappa shape index (κ3) is 5.69. The summed E-state index contributed by atoms with van der Waals surface area (Å²) in [5.41, 5.74) is 0.676. The lowest BCUT2D eigenvalue weighted by Gasteiger charge is -2.44. The van der Waals surface area contributed by atoms with Crippen LogP contribution < -0.4 is 9.62 Å². The Morgan fingerprint density at radius 3 is 2.64 bits per heavy atom. The summed E-state index contributed by atoms with van der Waals surface area (Å²) in [4.78, 5) is 2.28. The molecule has 0 spiro atoms. The number of anilines is 1. The third-order valence-electron chi connectivity index (χ3n) is 5.33. The van der Waals surface area contributed by atoms with Crippen molar-refractivity contribution in [1.82, 2.24) is 4.72 Å². The van der Waals surface area contributed by atoms with Crippen molar-refractivity contribution < 1.29 is 13.5 Å². The molecule has 1 aliphatic heterocycles. The van der Waals surface area contributed by atoms with Crippen molar-refractivity contribution in [3.63, 3.8) is 0 Å². The largest absolute Gasteiger partial charge is 0.396 e. The molecule has 1 saturated heterocycles. The molecule has 2 N–H and O–H groups in total. The summed E-state index contributed by atoms with van der Waals surface area (Å²) in [6.07, 6.45) is 1.03. The number of hydrogen-bond donors (Lipinski definition) is 2. The first kappa shape index (κ1) is 23.1. The van der Waals surface area contributed by atoms with Crippen LogP contribution in [-0.4, -0.2) is 39.3 Å². The first-order chi connectivity index (χ1) is 13.0. The van der Waals surface area contributed by atoms with Crippen LogP contribution in [0.4, 0.5) is 5.69 Å². The average molecular weight is 472 g/mol. The fourth-order valence-corrected chi connectivity index (χ4v) is 5.43. The Morgan fingerprint density at radius 2 is 2.07 bits per heavy atom. The van der Waals surface area contributed by atoms with Crippen LogP contribution in [0.2, 0.25) is 0 Å². The normalized spacial score (nSPS) is 22.0. The van der Waals surface area contributed by atoms with Crippen molar-refractivity contribution in [2.24, 2.45) is 17.3 Å². The highest BCUT2D eigenvalue weighted by Crippen LogP contribution is 2.39. The molecule has 6 nitrogen and oxygen atoms in total. The quantitative estimate of drug-likeness (QED) is 0.661. The lowest BCUT2D eigenvalue weighted by Crippen LogP contribution is -2.46. The fourth-order valence-electron chi connectivity index (χ4n) is 3.63. The Labute approximate surface area is 177 Å². The monoisotopic (exact) mass is 471 g/mol. The number of aliphatic hydroxyl groups is 1. The van der Waals surface area contributed by atoms with Gasteiger partial charge in [-0.25, -0.2) is 13.1 Å². The highest BCUT2D eigenvalue weighted by Gasteiger charge is 2.36. The number of nitrogens with zero attached hydrogens (tertiary/aromatic N) is 2. The average Bonchev–Trinajstić information content (AvgIpc) is 2.60. The molecule has 0 saturated carbocycles. The molecule has 28 heavy (non-hydrogen) atoms. The van der Waals surface area contributed by atoms with Gasteiger partial charge in [-0.3, -0.25) is 0 Å². The number of aliphatic hydroxyl groups excluding tert-OH is 1. The van der Waals surface area contributed by atoms with E-state index in [0.717, 1.165) is 17.4 Å². The first-order valence-corrected chi connectivity index (χ1v) is 11.8. The summed E-state index contributed by atoms with van der Waals surface area (Å²) < 4.78 is 29.4. The minimum absolute atomic E-state index is 0.0523. The predicted octanol–water partition coefficient (Wildman–Crippen LogP) is 3.51. The van der Waals surface area contributed by atoms with Crippen LogP contribution in [0.25, 0.3) is 0 Å². The van der Waals surface area contributed by atoms with Gasteiger partial charge in [0.1, 0.15) is 4.90 Å². The molecular formula is C20H30BrN3O3S. The third-order valence-corrected chi connectivity index (χ3v) is 7.46. The van der Waals surface area contributed by atoms with Crippen LogP contribution in [0.15, 0.2) is 27.6 Å². The molecule has 1 fully saturated rings. The maximum Gasteiger partial charge on any atom is 0.242 e. The minimum atomic E-state index is -3.78. The van der Waals surface area contributed by atoms with E-state index in [1.54, 1.807) is 19.1 Å². The van der Waals surface area contributed by atoms with Gasteiger partial charge in [0.25, 0.3) is 0 Å². The molecule has 156 valence electrons. The number of piperidine rings is 1. The number of benzene rings is 1. The highest BCUT2D eigenvalue weighted by molar-refractivity contribution is 9.10. The number of nitrogens with one attached hydrogen (secondary N) is 1. The molecule has 2 rings (SSSR count). The summed E-state index contributed by atoms with van der Waals surface area (Å²) in [5, 5.41) is 18.6. The Hall–Kier alpha value is -1.14. The van der Waals surface area contributed by atoms with Gasteiger partial charge in [-0.1, -0.05) is 36.7 Å². The Bertz CT molecular complexity index is 830. The molecule has 0 amide bonds. The molecule has 1 heterocycles. The molecule has 8 heteroatoms. The van der Waals surface area contributed by atoms with Gasteiger partial charge >= 0.3 is 0 Å². The summed E-state index contributed by atoms with van der Waals surface area (Å²) in [6.45, 7) is 9.63. The zero-order valence-corrected chi connectivity index (χ0v) is 19.3. The van der Waals surface area contributed by atoms with Crippen molar-refractivity contribution >= 4 is 31.6 Å². The zero-order chi connectivity index (χ0) is 21.1. The van der Waals surface area contributed by atoms with Crippen LogP contribution >= 0.6 is 15.9 Å². The topological polar surface area (TPSA) is 93.4 Å². The summed E-state index contributed by atoms with van der Waals surface area (Å²) in [5.74, 6) is 0.427. The number of hydrogen-bond acceptors (Lipinski definition) is 5. The van der Waals surface area contributed by atoms with Crippen LogP contribution in [0.3, 0.4) is 0 Å². The van der Waals surface area contributed by atoms with Crippen LogP contribution in [0.5, 0.6) is 0 Å². The standard InChI is InChI=1S/C20H30BrN3O3S/c1-14(7-8-22)23-28(26,27)19-6-5-17(21)10-18(19)24-11-15(13-25)9-16(12-24)20(2,3)4/h5-6,10,14-16,23,25H,7,9,11-13H2,1-4H3/t14?,15-,16+/m0/s1. The van der Waals surface area contributed by atoms with Crippen molar-refractivity contribution in [3.05, 3.63) is 22.7 Å². The van der Waals surface area contributed by atoms with Crippen LogP contribution in [0, 0.1) is 28.6 Å². The fraction of sp³-hybridized carbons (Fsp3) is 0.650. The molecular weight excluding hydrogens is 442 g/mol. The minimum Gasteiger partial charge on any atom is -0.396 e. The SMILES string of the molecule is CC(CC#N)NS(=O)(=O)c1ccc(Br)cc1N1C[C@@H](CO)C[C@@H](C(C)(C)C)C1. The first-order valence-electron chi connectivity index (χ1n) is 9.52. The number of sulfonamides is 1. The van der Waals surface area contributed by atoms with Gasteiger partial charge in [-0.2, -0.15) is 5.26 Å². The van der Waals surface area contributed by atoms with E-state index in [1.807, 2.05) is 12.1 Å². The lowest BCUT2D eigenvalue weighted by molar-refractivity contribution is 0.129. The molecule has 0 bridgehead atoms. The van der Waals surface area contributed by atoms with E-state index in [2.05, 4.69) is 46.3 Å². The van der Waals surface area contributed by atoms with Crippen molar-refractivity contribution in [1.29, 1.82) is 5.26 Å². The molecule has 0 radical (unpaired) electrons. The molecule has 0 aliphatic carbocycles.